The molecule has 5 rings (SSSR count). The molecule has 1 aromatic heterocycles. The number of fused-ring (bicyclic) bond motifs is 2. The minimum absolute atomic E-state index is 0.0389. The molecule has 2 fully saturated rings. The first-order valence-corrected chi connectivity index (χ1v) is 13.1. The first-order valence-electron chi connectivity index (χ1n) is 12.3. The Morgan fingerprint density at radius 3 is 2.84 bits per heavy atom. The van der Waals surface area contributed by atoms with Crippen LogP contribution in [0, 0.1) is 17.8 Å². The van der Waals surface area contributed by atoms with Crippen molar-refractivity contribution in [3.63, 3.8) is 0 Å². The van der Waals surface area contributed by atoms with Crippen LogP contribution in [-0.4, -0.2) is 52.1 Å². The average Bonchev–Trinajstić information content (AvgIpc) is 3.25. The van der Waals surface area contributed by atoms with Gasteiger partial charge in [0.1, 0.15) is 11.1 Å². The largest absolute Gasteiger partial charge is 0.496 e. The van der Waals surface area contributed by atoms with Crippen LogP contribution >= 0.6 is 11.3 Å². The van der Waals surface area contributed by atoms with E-state index >= 15 is 0 Å². The van der Waals surface area contributed by atoms with Gasteiger partial charge < -0.3 is 9.84 Å². The summed E-state index contributed by atoms with van der Waals surface area (Å²) in [6, 6.07) is 8.56. The first-order chi connectivity index (χ1) is 15.6. The number of aliphatic hydroxyl groups is 1. The van der Waals surface area contributed by atoms with E-state index in [1.165, 1.54) is 19.3 Å². The second-order valence-corrected chi connectivity index (χ2v) is 10.7. The number of allylic oxidation sites excluding steroid dienone is 1. The van der Waals surface area contributed by atoms with Gasteiger partial charge in [-0.25, -0.2) is 4.98 Å². The van der Waals surface area contributed by atoms with Gasteiger partial charge in [0, 0.05) is 18.5 Å². The van der Waals surface area contributed by atoms with Gasteiger partial charge in [-0.15, -0.1) is 11.3 Å². The number of rotatable bonds is 5. The molecule has 1 saturated heterocycles. The summed E-state index contributed by atoms with van der Waals surface area (Å²) in [7, 11) is 0. The van der Waals surface area contributed by atoms with E-state index in [2.05, 4.69) is 18.7 Å². The number of benzene rings is 1. The van der Waals surface area contributed by atoms with Crippen LogP contribution in [0.5, 0.6) is 0 Å². The fourth-order valence-corrected chi connectivity index (χ4v) is 7.07. The van der Waals surface area contributed by atoms with Crippen molar-refractivity contribution in [1.29, 1.82) is 0 Å². The van der Waals surface area contributed by atoms with Gasteiger partial charge >= 0.3 is 0 Å². The predicted molar refractivity (Wildman–Crippen MR) is 128 cm³/mol. The number of likely N-dealkylation sites (tertiary alicyclic amines) is 1. The summed E-state index contributed by atoms with van der Waals surface area (Å²) < 4.78 is 7.38. The molecular weight excluding hydrogens is 420 g/mol. The SMILES string of the molecule is CCC1CC2C(=O)C(c3nc4ccccc4s3)=COC2C(CN2CCCCC2CC)C1O. The van der Waals surface area contributed by atoms with Crippen LogP contribution in [-0.2, 0) is 9.53 Å². The van der Waals surface area contributed by atoms with Crippen LogP contribution in [0.2, 0.25) is 0 Å². The highest BCUT2D eigenvalue weighted by Crippen LogP contribution is 2.44. The number of aliphatic hydroxyl groups excluding tert-OH is 1. The molecule has 2 aliphatic heterocycles. The summed E-state index contributed by atoms with van der Waals surface area (Å²) in [5.41, 5.74) is 1.52. The van der Waals surface area contributed by atoms with Crippen LogP contribution in [0.4, 0.5) is 0 Å². The molecule has 0 radical (unpaired) electrons. The van der Waals surface area contributed by atoms with E-state index in [1.54, 1.807) is 17.6 Å². The summed E-state index contributed by atoms with van der Waals surface area (Å²) >= 11 is 1.55. The Hall–Kier alpha value is -1.76. The molecule has 0 spiro atoms. The van der Waals surface area contributed by atoms with Crippen molar-refractivity contribution in [2.75, 3.05) is 13.1 Å². The topological polar surface area (TPSA) is 62.7 Å². The van der Waals surface area contributed by atoms with Crippen LogP contribution in [0.1, 0.15) is 57.4 Å². The fraction of sp³-hybridized carbons (Fsp3) is 0.615. The monoisotopic (exact) mass is 454 g/mol. The maximum atomic E-state index is 13.7. The molecule has 1 saturated carbocycles. The summed E-state index contributed by atoms with van der Waals surface area (Å²) in [6.45, 7) is 6.27. The number of piperidine rings is 1. The van der Waals surface area contributed by atoms with Gasteiger partial charge in [0.15, 0.2) is 5.78 Å². The number of ether oxygens (including phenoxy) is 1. The molecule has 1 aliphatic carbocycles. The number of ketones is 1. The number of carbonyl (C=O) groups excluding carboxylic acids is 1. The van der Waals surface area contributed by atoms with E-state index in [1.807, 2.05) is 24.3 Å². The summed E-state index contributed by atoms with van der Waals surface area (Å²) in [5.74, 6) is 0.0305. The third-order valence-corrected chi connectivity index (χ3v) is 9.03. The highest BCUT2D eigenvalue weighted by molar-refractivity contribution is 7.19. The Bertz CT molecular complexity index is 969. The highest BCUT2D eigenvalue weighted by atomic mass is 32.1. The normalized spacial score (nSPS) is 33.6. The van der Waals surface area contributed by atoms with Gasteiger partial charge in [-0.2, -0.15) is 0 Å². The molecule has 0 bridgehead atoms. The lowest BCUT2D eigenvalue weighted by Crippen LogP contribution is -2.56. The molecule has 3 aliphatic rings. The second-order valence-electron chi connectivity index (χ2n) is 9.70. The first kappa shape index (κ1) is 22.1. The minimum Gasteiger partial charge on any atom is -0.496 e. The number of para-hydroxylation sites is 1. The Labute approximate surface area is 194 Å². The predicted octanol–water partition coefficient (Wildman–Crippen LogP) is 4.89. The van der Waals surface area contributed by atoms with Crippen LogP contribution in [0.3, 0.4) is 0 Å². The molecule has 0 amide bonds. The lowest BCUT2D eigenvalue weighted by Gasteiger charge is -2.48. The molecule has 3 heterocycles. The smallest absolute Gasteiger partial charge is 0.175 e. The fourth-order valence-electron chi connectivity index (χ4n) is 6.10. The zero-order valence-corrected chi connectivity index (χ0v) is 19.9. The van der Waals surface area contributed by atoms with Crippen molar-refractivity contribution in [2.45, 2.75) is 70.6 Å². The van der Waals surface area contributed by atoms with Gasteiger partial charge in [-0.05, 0) is 50.3 Å². The van der Waals surface area contributed by atoms with Crippen LogP contribution in [0.25, 0.3) is 15.8 Å². The lowest BCUT2D eigenvalue weighted by molar-refractivity contribution is -0.141. The zero-order chi connectivity index (χ0) is 22.2. The molecule has 32 heavy (non-hydrogen) atoms. The molecule has 5 nitrogen and oxygen atoms in total. The van der Waals surface area contributed by atoms with Crippen molar-refractivity contribution in [1.82, 2.24) is 9.88 Å². The van der Waals surface area contributed by atoms with Crippen LogP contribution < -0.4 is 0 Å². The molecule has 1 N–H and O–H groups in total. The van der Waals surface area contributed by atoms with Crippen molar-refractivity contribution in [3.05, 3.63) is 35.5 Å². The van der Waals surface area contributed by atoms with Crippen molar-refractivity contribution < 1.29 is 14.6 Å². The standard InChI is InChI=1S/C26H34N2O3S/c1-3-16-13-18-24(30)20(26-27-21-10-5-6-11-22(21)32-26)15-31-25(18)19(23(16)29)14-28-12-8-7-9-17(28)4-2/h5-6,10-11,15-19,23,25,29H,3-4,7-9,12-14H2,1-2H3. The van der Waals surface area contributed by atoms with E-state index in [0.29, 0.717) is 18.0 Å². The summed E-state index contributed by atoms with van der Waals surface area (Å²) in [4.78, 5) is 20.9. The molecule has 6 heteroatoms. The van der Waals surface area contributed by atoms with Gasteiger partial charge in [-0.3, -0.25) is 9.69 Å². The quantitative estimate of drug-likeness (QED) is 0.697. The van der Waals surface area contributed by atoms with Crippen LogP contribution in [0.15, 0.2) is 30.5 Å². The highest BCUT2D eigenvalue weighted by Gasteiger charge is 2.50. The van der Waals surface area contributed by atoms with Gasteiger partial charge in [0.05, 0.1) is 34.1 Å². The Morgan fingerprint density at radius 1 is 1.22 bits per heavy atom. The Morgan fingerprint density at radius 2 is 2.06 bits per heavy atom. The number of nitrogens with zero attached hydrogens (tertiary/aromatic N) is 2. The number of aromatic nitrogens is 1. The number of thiazole rings is 1. The van der Waals surface area contributed by atoms with E-state index in [4.69, 9.17) is 9.72 Å². The van der Waals surface area contributed by atoms with Crippen molar-refractivity contribution in [3.8, 4) is 0 Å². The Kier molecular flexibility index (Phi) is 6.37. The minimum atomic E-state index is -0.425. The molecule has 6 unspecified atom stereocenters. The average molecular weight is 455 g/mol. The van der Waals surface area contributed by atoms with Gasteiger partial charge in [0.25, 0.3) is 0 Å². The third kappa shape index (κ3) is 3.91. The molecule has 1 aromatic carbocycles. The molecule has 172 valence electrons. The summed E-state index contributed by atoms with van der Waals surface area (Å²) in [6.07, 6.45) is 7.40. The van der Waals surface area contributed by atoms with E-state index in [9.17, 15) is 9.90 Å². The number of hydrogen-bond acceptors (Lipinski definition) is 6. The Balaban J connectivity index is 1.43. The van der Waals surface area contributed by atoms with Gasteiger partial charge in [-0.1, -0.05) is 38.8 Å². The van der Waals surface area contributed by atoms with E-state index in [-0.39, 0.29) is 29.6 Å². The molecular formula is C26H34N2O3S. The number of carbonyl (C=O) groups is 1. The van der Waals surface area contributed by atoms with E-state index < -0.39 is 6.10 Å². The van der Waals surface area contributed by atoms with E-state index in [0.717, 1.165) is 41.2 Å². The molecule has 2 aromatic rings. The third-order valence-electron chi connectivity index (χ3n) is 7.96. The van der Waals surface area contributed by atoms with Crippen molar-refractivity contribution >= 4 is 32.9 Å². The van der Waals surface area contributed by atoms with Gasteiger partial charge in [0.2, 0.25) is 0 Å². The van der Waals surface area contributed by atoms with Crippen molar-refractivity contribution in [2.24, 2.45) is 17.8 Å². The lowest BCUT2D eigenvalue weighted by atomic mass is 9.67. The number of Topliss-reactive ketones (excluding diaryl/α,β-unsaturated/α-hetero) is 1. The summed E-state index contributed by atoms with van der Waals surface area (Å²) in [5, 5.41) is 12.0. The molecule has 6 atom stereocenters. The number of hydrogen-bond donors (Lipinski definition) is 1. The maximum Gasteiger partial charge on any atom is 0.175 e. The maximum absolute atomic E-state index is 13.7. The second kappa shape index (κ2) is 9.24. The zero-order valence-electron chi connectivity index (χ0n) is 19.1.